The van der Waals surface area contributed by atoms with Crippen LogP contribution in [0.2, 0.25) is 0 Å². The first-order chi connectivity index (χ1) is 15.2. The Morgan fingerprint density at radius 1 is 1.06 bits per heavy atom. The van der Waals surface area contributed by atoms with Crippen molar-refractivity contribution < 1.29 is 14.3 Å². The summed E-state index contributed by atoms with van der Waals surface area (Å²) in [6.07, 6.45) is 0.305. The fraction of sp³-hybridized carbons (Fsp3) is 0.208. The molecular weight excluding hydrogens is 392 g/mol. The zero-order chi connectivity index (χ0) is 20.9. The number of ether oxygens (including phenoxy) is 2. The molecule has 4 aromatic rings. The minimum atomic E-state index is -0.401. The van der Waals surface area contributed by atoms with Crippen molar-refractivity contribution in [2.75, 3.05) is 6.54 Å². The third kappa shape index (κ3) is 3.01. The van der Waals surface area contributed by atoms with Crippen molar-refractivity contribution in [1.82, 2.24) is 19.7 Å². The number of para-hydroxylation sites is 2. The Bertz CT molecular complexity index is 1290. The fourth-order valence-corrected chi connectivity index (χ4v) is 4.32. The van der Waals surface area contributed by atoms with E-state index in [0.717, 1.165) is 34.5 Å². The number of nitrogens with zero attached hydrogens (tertiary/aromatic N) is 4. The third-order valence-electron chi connectivity index (χ3n) is 5.82. The quantitative estimate of drug-likeness (QED) is 0.508. The summed E-state index contributed by atoms with van der Waals surface area (Å²) in [6.45, 7) is 2.86. The lowest BCUT2D eigenvalue weighted by Gasteiger charge is -2.29. The van der Waals surface area contributed by atoms with Gasteiger partial charge in [-0.1, -0.05) is 36.4 Å². The molecular formula is C24H20N4O3. The minimum absolute atomic E-state index is 0.0780. The number of fused-ring (bicyclic) bond motifs is 3. The van der Waals surface area contributed by atoms with Gasteiger partial charge in [-0.15, -0.1) is 0 Å². The number of hydrogen-bond donors (Lipinski definition) is 0. The summed E-state index contributed by atoms with van der Waals surface area (Å²) < 4.78 is 13.4. The van der Waals surface area contributed by atoms with Gasteiger partial charge in [-0.2, -0.15) is 10.1 Å². The van der Waals surface area contributed by atoms with Crippen LogP contribution >= 0.6 is 0 Å². The zero-order valence-corrected chi connectivity index (χ0v) is 17.0. The van der Waals surface area contributed by atoms with E-state index >= 15 is 0 Å². The predicted molar refractivity (Wildman–Crippen MR) is 115 cm³/mol. The molecule has 0 spiro atoms. The number of pyridine rings is 1. The van der Waals surface area contributed by atoms with Gasteiger partial charge in [-0.25, -0.2) is 9.48 Å². The van der Waals surface area contributed by atoms with Gasteiger partial charge in [0.05, 0.1) is 24.5 Å². The van der Waals surface area contributed by atoms with Gasteiger partial charge in [0.15, 0.2) is 5.65 Å². The molecule has 2 aromatic heterocycles. The molecule has 0 fully saturated rings. The maximum Gasteiger partial charge on any atom is 0.417 e. The SMILES string of the molecule is Cc1nn(-c2ccccc2)c2nc3c(cc12)CN(C[C@H]1Cc2ccccc2O1)C(=O)O3. The van der Waals surface area contributed by atoms with Gasteiger partial charge in [0, 0.05) is 17.4 Å². The van der Waals surface area contributed by atoms with E-state index in [0.29, 0.717) is 24.6 Å². The number of carbonyl (C=O) groups is 1. The number of carbonyl (C=O) groups excluding carboxylic acids is 1. The molecule has 6 rings (SSSR count). The summed E-state index contributed by atoms with van der Waals surface area (Å²) in [7, 11) is 0. The first-order valence-corrected chi connectivity index (χ1v) is 10.3. The highest BCUT2D eigenvalue weighted by molar-refractivity contribution is 5.83. The molecule has 7 heteroatoms. The summed E-state index contributed by atoms with van der Waals surface area (Å²) in [6, 6.07) is 19.8. The Morgan fingerprint density at radius 3 is 2.71 bits per heavy atom. The summed E-state index contributed by atoms with van der Waals surface area (Å²) >= 11 is 0. The third-order valence-corrected chi connectivity index (χ3v) is 5.82. The Kier molecular flexibility index (Phi) is 3.96. The number of amides is 1. The lowest BCUT2D eigenvalue weighted by atomic mass is 10.1. The molecule has 4 heterocycles. The van der Waals surface area contributed by atoms with E-state index in [1.807, 2.05) is 61.5 Å². The van der Waals surface area contributed by atoms with E-state index in [2.05, 4.69) is 16.1 Å². The van der Waals surface area contributed by atoms with Gasteiger partial charge in [0.25, 0.3) is 0 Å². The van der Waals surface area contributed by atoms with Crippen LogP contribution in [0, 0.1) is 6.92 Å². The van der Waals surface area contributed by atoms with Crippen molar-refractivity contribution in [3.63, 3.8) is 0 Å². The maximum absolute atomic E-state index is 12.7. The van der Waals surface area contributed by atoms with Gasteiger partial charge in [0.1, 0.15) is 11.9 Å². The highest BCUT2D eigenvalue weighted by Gasteiger charge is 2.32. The molecule has 0 bridgehead atoms. The first-order valence-electron chi connectivity index (χ1n) is 10.3. The molecule has 7 nitrogen and oxygen atoms in total. The van der Waals surface area contributed by atoms with Gasteiger partial charge < -0.3 is 9.47 Å². The second kappa shape index (κ2) is 6.84. The predicted octanol–water partition coefficient (Wildman–Crippen LogP) is 4.05. The van der Waals surface area contributed by atoms with Gasteiger partial charge >= 0.3 is 6.09 Å². The number of aromatic nitrogens is 3. The Hall–Kier alpha value is -3.87. The lowest BCUT2D eigenvalue weighted by Crippen LogP contribution is -2.43. The number of benzene rings is 2. The average Bonchev–Trinajstić information content (AvgIpc) is 3.34. The highest BCUT2D eigenvalue weighted by Crippen LogP contribution is 2.32. The van der Waals surface area contributed by atoms with Crippen LogP contribution < -0.4 is 9.47 Å². The van der Waals surface area contributed by atoms with Crippen LogP contribution in [-0.2, 0) is 13.0 Å². The molecule has 0 N–H and O–H groups in total. The second-order valence-electron chi connectivity index (χ2n) is 7.96. The molecule has 0 unspecified atom stereocenters. The molecule has 0 aliphatic carbocycles. The van der Waals surface area contributed by atoms with Crippen LogP contribution in [0.4, 0.5) is 4.79 Å². The smallest absolute Gasteiger partial charge is 0.417 e. The molecule has 31 heavy (non-hydrogen) atoms. The van der Waals surface area contributed by atoms with Gasteiger partial charge in [0.2, 0.25) is 5.88 Å². The minimum Gasteiger partial charge on any atom is -0.488 e. The van der Waals surface area contributed by atoms with Crippen molar-refractivity contribution in [3.8, 4) is 17.3 Å². The standard InChI is InChI=1S/C24H20N4O3/c1-15-20-12-17-13-27(14-19-11-16-7-5-6-10-21(16)30-19)24(29)31-23(17)25-22(20)28(26-15)18-8-3-2-4-9-18/h2-10,12,19H,11,13-14H2,1H3/t19-/m1/s1. The first kappa shape index (κ1) is 17.9. The lowest BCUT2D eigenvalue weighted by molar-refractivity contribution is 0.107. The summed E-state index contributed by atoms with van der Waals surface area (Å²) in [5, 5.41) is 5.60. The van der Waals surface area contributed by atoms with Crippen molar-refractivity contribution in [3.05, 3.63) is 77.5 Å². The largest absolute Gasteiger partial charge is 0.488 e. The van der Waals surface area contributed by atoms with E-state index in [4.69, 9.17) is 9.47 Å². The second-order valence-corrected chi connectivity index (χ2v) is 7.96. The van der Waals surface area contributed by atoms with Crippen molar-refractivity contribution in [1.29, 1.82) is 0 Å². The summed E-state index contributed by atoms with van der Waals surface area (Å²) in [4.78, 5) is 19.0. The van der Waals surface area contributed by atoms with E-state index in [1.54, 1.807) is 9.58 Å². The molecule has 2 aliphatic rings. The van der Waals surface area contributed by atoms with Gasteiger partial charge in [-0.3, -0.25) is 4.90 Å². The topological polar surface area (TPSA) is 69.5 Å². The molecule has 1 atom stereocenters. The van der Waals surface area contributed by atoms with E-state index in [9.17, 15) is 4.79 Å². The van der Waals surface area contributed by atoms with Crippen molar-refractivity contribution in [2.45, 2.75) is 26.0 Å². The van der Waals surface area contributed by atoms with Gasteiger partial charge in [-0.05, 0) is 36.8 Å². The Balaban J connectivity index is 1.30. The van der Waals surface area contributed by atoms with E-state index in [-0.39, 0.29) is 6.10 Å². The molecule has 1 amide bonds. The van der Waals surface area contributed by atoms with Crippen molar-refractivity contribution >= 4 is 17.1 Å². The number of aryl methyl sites for hydroxylation is 1. The van der Waals surface area contributed by atoms with Crippen LogP contribution in [0.25, 0.3) is 16.7 Å². The molecule has 154 valence electrons. The normalized spacial score (nSPS) is 17.3. The van der Waals surface area contributed by atoms with Crippen LogP contribution in [-0.4, -0.2) is 38.4 Å². The highest BCUT2D eigenvalue weighted by atomic mass is 16.6. The van der Waals surface area contributed by atoms with E-state index in [1.165, 1.54) is 5.56 Å². The van der Waals surface area contributed by atoms with Crippen LogP contribution in [0.15, 0.2) is 60.7 Å². The summed E-state index contributed by atoms with van der Waals surface area (Å²) in [5.41, 5.74) is 4.52. The number of hydrogen-bond acceptors (Lipinski definition) is 5. The van der Waals surface area contributed by atoms with Crippen molar-refractivity contribution in [2.24, 2.45) is 0 Å². The van der Waals surface area contributed by atoms with Crippen LogP contribution in [0.3, 0.4) is 0 Å². The molecule has 0 saturated heterocycles. The molecule has 2 aliphatic heterocycles. The monoisotopic (exact) mass is 412 g/mol. The average molecular weight is 412 g/mol. The fourth-order valence-electron chi connectivity index (χ4n) is 4.32. The summed E-state index contributed by atoms with van der Waals surface area (Å²) in [5.74, 6) is 1.24. The Morgan fingerprint density at radius 2 is 1.87 bits per heavy atom. The molecule has 0 radical (unpaired) electrons. The van der Waals surface area contributed by atoms with E-state index < -0.39 is 6.09 Å². The molecule has 2 aromatic carbocycles. The number of rotatable bonds is 3. The molecule has 0 saturated carbocycles. The zero-order valence-electron chi connectivity index (χ0n) is 17.0. The van der Waals surface area contributed by atoms with Crippen LogP contribution in [0.5, 0.6) is 11.6 Å². The Labute approximate surface area is 178 Å². The van der Waals surface area contributed by atoms with Crippen LogP contribution in [0.1, 0.15) is 16.8 Å². The maximum atomic E-state index is 12.7.